The Labute approximate surface area is 106 Å². The van der Waals surface area contributed by atoms with Crippen molar-refractivity contribution < 1.29 is 4.92 Å². The van der Waals surface area contributed by atoms with Crippen molar-refractivity contribution in [1.82, 2.24) is 4.98 Å². The number of likely N-dealkylation sites (N-methyl/N-ethyl adjacent to an activating group) is 1. The van der Waals surface area contributed by atoms with Gasteiger partial charge in [-0.1, -0.05) is 0 Å². The van der Waals surface area contributed by atoms with Crippen LogP contribution >= 0.6 is 0 Å². The number of nitrogens with zero attached hydrogens (tertiary/aromatic N) is 3. The molecule has 1 aromatic heterocycles. The quantitative estimate of drug-likeness (QED) is 0.631. The molecule has 0 spiro atoms. The lowest BCUT2D eigenvalue weighted by molar-refractivity contribution is -0.384. The molecule has 0 bridgehead atoms. The van der Waals surface area contributed by atoms with E-state index < -0.39 is 0 Å². The Morgan fingerprint density at radius 3 is 2.83 bits per heavy atom. The summed E-state index contributed by atoms with van der Waals surface area (Å²) in [4.78, 5) is 16.8. The molecular weight excluding hydrogens is 232 g/mol. The van der Waals surface area contributed by atoms with Crippen molar-refractivity contribution in [3.63, 3.8) is 0 Å². The maximum atomic E-state index is 11.1. The normalized spacial score (nSPS) is 16.4. The van der Waals surface area contributed by atoms with E-state index in [-0.39, 0.29) is 16.7 Å². The molecule has 1 unspecified atom stereocenters. The Bertz CT molecular complexity index is 459. The molecule has 0 aromatic carbocycles. The van der Waals surface area contributed by atoms with Crippen LogP contribution in [0.1, 0.15) is 18.4 Å². The fraction of sp³-hybridized carbons (Fsp3) is 0.583. The number of rotatable bonds is 5. The zero-order valence-electron chi connectivity index (χ0n) is 10.7. The lowest BCUT2D eigenvalue weighted by Gasteiger charge is -2.27. The second kappa shape index (κ2) is 4.89. The average Bonchev–Trinajstić information content (AvgIpc) is 3.14. The second-order valence-corrected chi connectivity index (χ2v) is 4.86. The first-order valence-electron chi connectivity index (χ1n) is 6.08. The van der Waals surface area contributed by atoms with Crippen molar-refractivity contribution in [2.75, 3.05) is 18.5 Å². The van der Waals surface area contributed by atoms with E-state index in [0.29, 0.717) is 18.3 Å². The van der Waals surface area contributed by atoms with Crippen molar-refractivity contribution in [2.45, 2.75) is 25.8 Å². The smallest absolute Gasteiger partial charge is 0.311 e. The summed E-state index contributed by atoms with van der Waals surface area (Å²) in [7, 11) is 1.83. The summed E-state index contributed by atoms with van der Waals surface area (Å²) in [5, 5.41) is 11.1. The maximum Gasteiger partial charge on any atom is 0.311 e. The van der Waals surface area contributed by atoms with Crippen LogP contribution in [0.25, 0.3) is 0 Å². The minimum Gasteiger partial charge on any atom is -0.349 e. The van der Waals surface area contributed by atoms with Crippen molar-refractivity contribution in [3.8, 4) is 0 Å². The monoisotopic (exact) mass is 250 g/mol. The van der Waals surface area contributed by atoms with Crippen molar-refractivity contribution in [2.24, 2.45) is 11.7 Å². The van der Waals surface area contributed by atoms with Gasteiger partial charge in [-0.3, -0.25) is 10.1 Å². The molecule has 98 valence electrons. The summed E-state index contributed by atoms with van der Waals surface area (Å²) < 4.78 is 0. The predicted molar refractivity (Wildman–Crippen MR) is 69.6 cm³/mol. The molecule has 6 heteroatoms. The molecule has 1 heterocycles. The topological polar surface area (TPSA) is 85.3 Å². The summed E-state index contributed by atoms with van der Waals surface area (Å²) in [5.41, 5.74) is 6.61. The molecule has 0 aliphatic heterocycles. The van der Waals surface area contributed by atoms with E-state index in [1.807, 2.05) is 11.9 Å². The van der Waals surface area contributed by atoms with Crippen LogP contribution in [0.15, 0.2) is 12.3 Å². The van der Waals surface area contributed by atoms with E-state index >= 15 is 0 Å². The zero-order chi connectivity index (χ0) is 13.3. The molecule has 0 radical (unpaired) electrons. The van der Waals surface area contributed by atoms with Crippen molar-refractivity contribution in [3.05, 3.63) is 27.9 Å². The number of aryl methyl sites for hydroxylation is 1. The van der Waals surface area contributed by atoms with E-state index in [1.165, 1.54) is 0 Å². The van der Waals surface area contributed by atoms with Gasteiger partial charge >= 0.3 is 5.69 Å². The highest BCUT2D eigenvalue weighted by atomic mass is 16.6. The van der Waals surface area contributed by atoms with Crippen LogP contribution in [0, 0.1) is 23.0 Å². The van der Waals surface area contributed by atoms with Gasteiger partial charge in [-0.25, -0.2) is 4.98 Å². The highest BCUT2D eigenvalue weighted by Crippen LogP contribution is 2.37. The van der Waals surface area contributed by atoms with Gasteiger partial charge in [0.2, 0.25) is 5.82 Å². The van der Waals surface area contributed by atoms with Crippen LogP contribution in [0.3, 0.4) is 0 Å². The second-order valence-electron chi connectivity index (χ2n) is 4.86. The maximum absolute atomic E-state index is 11.1. The number of anilines is 1. The molecule has 1 aliphatic carbocycles. The minimum atomic E-state index is -0.383. The van der Waals surface area contributed by atoms with E-state index in [0.717, 1.165) is 18.4 Å². The summed E-state index contributed by atoms with van der Waals surface area (Å²) in [6.07, 6.45) is 3.94. The number of hydrogen-bond acceptors (Lipinski definition) is 5. The van der Waals surface area contributed by atoms with Crippen molar-refractivity contribution in [1.29, 1.82) is 0 Å². The lowest BCUT2D eigenvalue weighted by atomic mass is 10.1. The van der Waals surface area contributed by atoms with Gasteiger partial charge in [-0.15, -0.1) is 0 Å². The van der Waals surface area contributed by atoms with E-state index in [1.54, 1.807) is 19.2 Å². The minimum absolute atomic E-state index is 0.0524. The zero-order valence-corrected chi connectivity index (χ0v) is 10.7. The van der Waals surface area contributed by atoms with Gasteiger partial charge in [0.25, 0.3) is 0 Å². The largest absolute Gasteiger partial charge is 0.349 e. The van der Waals surface area contributed by atoms with Crippen LogP contribution < -0.4 is 10.6 Å². The van der Waals surface area contributed by atoms with Crippen LogP contribution in [0.5, 0.6) is 0 Å². The third kappa shape index (κ3) is 2.43. The third-order valence-electron chi connectivity index (χ3n) is 3.42. The Balaban J connectivity index is 2.33. The molecule has 0 amide bonds. The number of hydrogen-bond donors (Lipinski definition) is 1. The molecule has 18 heavy (non-hydrogen) atoms. The number of pyridine rings is 1. The Kier molecular flexibility index (Phi) is 3.47. The van der Waals surface area contributed by atoms with E-state index in [9.17, 15) is 10.1 Å². The SMILES string of the molecule is Cc1cnc(N(C)C(CN)C2CC2)c([N+](=O)[O-])c1. The average molecular weight is 250 g/mol. The summed E-state index contributed by atoms with van der Waals surface area (Å²) in [6, 6.07) is 1.69. The van der Waals surface area contributed by atoms with E-state index in [4.69, 9.17) is 5.73 Å². The van der Waals surface area contributed by atoms with Crippen LogP contribution in [0.2, 0.25) is 0 Å². The van der Waals surface area contributed by atoms with E-state index in [2.05, 4.69) is 4.98 Å². The summed E-state index contributed by atoms with van der Waals surface area (Å²) in [5.74, 6) is 0.954. The molecule has 1 aliphatic rings. The predicted octanol–water partition coefficient (Wildman–Crippen LogP) is 1.47. The molecule has 0 saturated heterocycles. The molecule has 1 aromatic rings. The fourth-order valence-electron chi connectivity index (χ4n) is 2.26. The van der Waals surface area contributed by atoms with Crippen LogP contribution in [-0.2, 0) is 0 Å². The van der Waals surface area contributed by atoms with Gasteiger partial charge in [0, 0.05) is 31.9 Å². The van der Waals surface area contributed by atoms with Crippen molar-refractivity contribution >= 4 is 11.5 Å². The highest BCUT2D eigenvalue weighted by Gasteiger charge is 2.35. The first-order valence-corrected chi connectivity index (χ1v) is 6.08. The number of aromatic nitrogens is 1. The lowest BCUT2D eigenvalue weighted by Crippen LogP contribution is -2.40. The molecular formula is C12H18N4O2. The third-order valence-corrected chi connectivity index (χ3v) is 3.42. The molecule has 2 rings (SSSR count). The Morgan fingerprint density at radius 1 is 1.67 bits per heavy atom. The van der Waals surface area contributed by atoms with Gasteiger partial charge in [0.05, 0.1) is 4.92 Å². The summed E-state index contributed by atoms with van der Waals surface area (Å²) >= 11 is 0. The van der Waals surface area contributed by atoms with Gasteiger partial charge in [-0.05, 0) is 31.2 Å². The van der Waals surface area contributed by atoms with Crippen LogP contribution in [-0.4, -0.2) is 29.5 Å². The Hall–Kier alpha value is -1.69. The number of nitrogens with two attached hydrogens (primary N) is 1. The Morgan fingerprint density at radius 2 is 2.33 bits per heavy atom. The van der Waals surface area contributed by atoms with Gasteiger partial charge in [0.15, 0.2) is 0 Å². The molecule has 6 nitrogen and oxygen atoms in total. The van der Waals surface area contributed by atoms with Gasteiger partial charge < -0.3 is 10.6 Å². The molecule has 1 fully saturated rings. The molecule has 1 atom stereocenters. The van der Waals surface area contributed by atoms with Crippen LogP contribution in [0.4, 0.5) is 11.5 Å². The fourth-order valence-corrected chi connectivity index (χ4v) is 2.26. The van der Waals surface area contributed by atoms with Gasteiger partial charge in [-0.2, -0.15) is 0 Å². The standard InChI is InChI=1S/C12H18N4O2/c1-8-5-10(16(17)18)12(14-7-8)15(2)11(6-13)9-3-4-9/h5,7,9,11H,3-4,6,13H2,1-2H3. The first-order chi connectivity index (χ1) is 8.54. The highest BCUT2D eigenvalue weighted by molar-refractivity contribution is 5.58. The first kappa shape index (κ1) is 12.8. The van der Waals surface area contributed by atoms with Gasteiger partial charge in [0.1, 0.15) is 0 Å². The molecule has 2 N–H and O–H groups in total. The molecule has 1 saturated carbocycles. The summed E-state index contributed by atoms with van der Waals surface area (Å²) in [6.45, 7) is 2.29. The number of nitro groups is 1.